The van der Waals surface area contributed by atoms with E-state index in [0.717, 1.165) is 39.1 Å². The predicted molar refractivity (Wildman–Crippen MR) is 82.8 cm³/mol. The lowest BCUT2D eigenvalue weighted by Crippen LogP contribution is -2.48. The third-order valence-corrected chi connectivity index (χ3v) is 3.58. The average Bonchev–Trinajstić information content (AvgIpc) is 2.53. The fraction of sp³-hybridized carbons (Fsp3) is 0.500. The van der Waals surface area contributed by atoms with Crippen molar-refractivity contribution in [3.05, 3.63) is 29.6 Å². The second-order valence-corrected chi connectivity index (χ2v) is 5.06. The number of aromatic nitrogens is 1. The molecule has 21 heavy (non-hydrogen) atoms. The summed E-state index contributed by atoms with van der Waals surface area (Å²) in [6.45, 7) is 6.97. The normalized spacial score (nSPS) is 15.4. The first kappa shape index (κ1) is 15.5. The molecule has 2 heterocycles. The summed E-state index contributed by atoms with van der Waals surface area (Å²) in [4.78, 5) is 21.0. The van der Waals surface area contributed by atoms with E-state index in [9.17, 15) is 4.79 Å². The number of pyridine rings is 1. The quantitative estimate of drug-likeness (QED) is 0.825. The maximum absolute atomic E-state index is 12.6. The van der Waals surface area contributed by atoms with Crippen molar-refractivity contribution < 1.29 is 4.79 Å². The summed E-state index contributed by atoms with van der Waals surface area (Å²) in [5.74, 6) is 5.75. The van der Waals surface area contributed by atoms with Crippen LogP contribution in [0.25, 0.3) is 0 Å². The van der Waals surface area contributed by atoms with Crippen LogP contribution in [0.5, 0.6) is 0 Å². The highest BCUT2D eigenvalue weighted by atomic mass is 16.2. The summed E-state index contributed by atoms with van der Waals surface area (Å²) in [5, 5.41) is 0. The molecule has 0 unspecified atom stereocenters. The summed E-state index contributed by atoms with van der Waals surface area (Å²) < 4.78 is 0. The van der Waals surface area contributed by atoms with E-state index in [4.69, 9.17) is 5.73 Å². The summed E-state index contributed by atoms with van der Waals surface area (Å²) in [5.41, 5.74) is 6.67. The lowest BCUT2D eigenvalue weighted by atomic mass is 10.1. The molecule has 112 valence electrons. The molecule has 1 amide bonds. The van der Waals surface area contributed by atoms with E-state index in [1.807, 2.05) is 4.90 Å². The average molecular weight is 286 g/mol. The zero-order valence-electron chi connectivity index (χ0n) is 12.5. The molecule has 5 nitrogen and oxygen atoms in total. The van der Waals surface area contributed by atoms with Crippen LogP contribution in [-0.2, 0) is 0 Å². The molecule has 1 saturated heterocycles. The molecule has 0 aliphatic carbocycles. The molecule has 1 aliphatic rings. The zero-order chi connectivity index (χ0) is 15.1. The van der Waals surface area contributed by atoms with E-state index >= 15 is 0 Å². The van der Waals surface area contributed by atoms with Crippen LogP contribution >= 0.6 is 0 Å². The summed E-state index contributed by atoms with van der Waals surface area (Å²) >= 11 is 0. The predicted octanol–water partition coefficient (Wildman–Crippen LogP) is 0.560. The van der Waals surface area contributed by atoms with Gasteiger partial charge in [-0.2, -0.15) is 0 Å². The van der Waals surface area contributed by atoms with Crippen LogP contribution < -0.4 is 5.73 Å². The van der Waals surface area contributed by atoms with E-state index < -0.39 is 0 Å². The Kier molecular flexibility index (Phi) is 5.73. The molecule has 0 bridgehead atoms. The van der Waals surface area contributed by atoms with Gasteiger partial charge in [-0.15, -0.1) is 0 Å². The summed E-state index contributed by atoms with van der Waals surface area (Å²) in [7, 11) is 0. The van der Waals surface area contributed by atoms with Crippen molar-refractivity contribution in [1.29, 1.82) is 0 Å². The van der Waals surface area contributed by atoms with Crippen molar-refractivity contribution in [1.82, 2.24) is 14.8 Å². The van der Waals surface area contributed by atoms with Crippen molar-refractivity contribution in [2.75, 3.05) is 39.3 Å². The Labute approximate surface area is 126 Å². The van der Waals surface area contributed by atoms with Gasteiger partial charge in [0.1, 0.15) is 0 Å². The Hall–Kier alpha value is -1.90. The number of nitrogens with zero attached hydrogens (tertiary/aromatic N) is 3. The standard InChI is InChI=1S/C16H22N4O/c1-2-8-19-9-11-20(12-10-19)16(21)15-5-7-18-13-14(15)4-3-6-17/h5,7,13H,2,6,8-12,17H2,1H3. The topological polar surface area (TPSA) is 62.5 Å². The Bertz CT molecular complexity index is 539. The molecule has 2 rings (SSSR count). The Morgan fingerprint density at radius 2 is 2.14 bits per heavy atom. The molecular weight excluding hydrogens is 264 g/mol. The van der Waals surface area contributed by atoms with Gasteiger partial charge in [-0.1, -0.05) is 18.8 Å². The van der Waals surface area contributed by atoms with E-state index in [1.165, 1.54) is 0 Å². The molecule has 5 heteroatoms. The summed E-state index contributed by atoms with van der Waals surface area (Å²) in [6.07, 6.45) is 4.41. The van der Waals surface area contributed by atoms with E-state index in [1.54, 1.807) is 18.5 Å². The van der Waals surface area contributed by atoms with Crippen LogP contribution in [0, 0.1) is 11.8 Å². The van der Waals surface area contributed by atoms with Crippen LogP contribution in [0.4, 0.5) is 0 Å². The number of amides is 1. The van der Waals surface area contributed by atoms with Crippen LogP contribution in [0.15, 0.2) is 18.5 Å². The first-order valence-electron chi connectivity index (χ1n) is 7.40. The van der Waals surface area contributed by atoms with Gasteiger partial charge in [0.25, 0.3) is 5.91 Å². The van der Waals surface area contributed by atoms with Crippen molar-refractivity contribution in [2.45, 2.75) is 13.3 Å². The fourth-order valence-electron chi connectivity index (χ4n) is 2.49. The number of hydrogen-bond donors (Lipinski definition) is 1. The zero-order valence-corrected chi connectivity index (χ0v) is 12.5. The highest BCUT2D eigenvalue weighted by molar-refractivity contribution is 5.96. The Morgan fingerprint density at radius 1 is 1.38 bits per heavy atom. The molecule has 0 spiro atoms. The molecule has 0 saturated carbocycles. The van der Waals surface area contributed by atoms with Crippen LogP contribution in [0.3, 0.4) is 0 Å². The largest absolute Gasteiger partial charge is 0.336 e. The lowest BCUT2D eigenvalue weighted by molar-refractivity contribution is 0.0637. The molecule has 1 aromatic heterocycles. The monoisotopic (exact) mass is 286 g/mol. The van der Waals surface area contributed by atoms with E-state index in [-0.39, 0.29) is 12.5 Å². The molecule has 2 N–H and O–H groups in total. The molecular formula is C16H22N4O. The third-order valence-electron chi connectivity index (χ3n) is 3.58. The molecule has 0 radical (unpaired) electrons. The van der Waals surface area contributed by atoms with Gasteiger partial charge in [0.2, 0.25) is 0 Å². The van der Waals surface area contributed by atoms with Gasteiger partial charge >= 0.3 is 0 Å². The van der Waals surface area contributed by atoms with Crippen LogP contribution in [0.2, 0.25) is 0 Å². The van der Waals surface area contributed by atoms with Crippen LogP contribution in [-0.4, -0.2) is 60.0 Å². The molecule has 0 aromatic carbocycles. The van der Waals surface area contributed by atoms with E-state index in [2.05, 4.69) is 28.6 Å². The molecule has 0 atom stereocenters. The smallest absolute Gasteiger partial charge is 0.255 e. The second kappa shape index (κ2) is 7.77. The number of nitrogens with two attached hydrogens (primary N) is 1. The first-order chi connectivity index (χ1) is 10.3. The van der Waals surface area contributed by atoms with Crippen molar-refractivity contribution in [3.63, 3.8) is 0 Å². The maximum atomic E-state index is 12.6. The van der Waals surface area contributed by atoms with Crippen molar-refractivity contribution in [3.8, 4) is 11.8 Å². The molecule has 1 aliphatic heterocycles. The van der Waals surface area contributed by atoms with Crippen LogP contribution in [0.1, 0.15) is 29.3 Å². The minimum atomic E-state index is 0.0369. The van der Waals surface area contributed by atoms with Gasteiger partial charge in [-0.3, -0.25) is 14.7 Å². The number of carbonyl (C=O) groups is 1. The van der Waals surface area contributed by atoms with Gasteiger partial charge in [0.05, 0.1) is 17.7 Å². The van der Waals surface area contributed by atoms with Gasteiger partial charge in [-0.25, -0.2) is 0 Å². The maximum Gasteiger partial charge on any atom is 0.255 e. The second-order valence-electron chi connectivity index (χ2n) is 5.06. The number of carbonyl (C=O) groups excluding carboxylic acids is 1. The van der Waals surface area contributed by atoms with Gasteiger partial charge in [0.15, 0.2) is 0 Å². The molecule has 1 aromatic rings. The van der Waals surface area contributed by atoms with Crippen molar-refractivity contribution >= 4 is 5.91 Å². The Morgan fingerprint density at radius 3 is 2.81 bits per heavy atom. The number of rotatable bonds is 3. The number of hydrogen-bond acceptors (Lipinski definition) is 4. The van der Waals surface area contributed by atoms with E-state index in [0.29, 0.717) is 11.1 Å². The van der Waals surface area contributed by atoms with Gasteiger partial charge < -0.3 is 10.6 Å². The minimum Gasteiger partial charge on any atom is -0.336 e. The first-order valence-corrected chi connectivity index (χ1v) is 7.40. The van der Waals surface area contributed by atoms with Crippen molar-refractivity contribution in [2.24, 2.45) is 5.73 Å². The van der Waals surface area contributed by atoms with Gasteiger partial charge in [-0.05, 0) is 19.0 Å². The minimum absolute atomic E-state index is 0.0369. The Balaban J connectivity index is 2.07. The highest BCUT2D eigenvalue weighted by Gasteiger charge is 2.23. The molecule has 1 fully saturated rings. The summed E-state index contributed by atoms with van der Waals surface area (Å²) in [6, 6.07) is 1.74. The van der Waals surface area contributed by atoms with Gasteiger partial charge in [0, 0.05) is 38.6 Å². The number of piperazine rings is 1. The lowest BCUT2D eigenvalue weighted by Gasteiger charge is -2.34. The third kappa shape index (κ3) is 4.03. The SMILES string of the molecule is CCCN1CCN(C(=O)c2ccncc2C#CCN)CC1. The fourth-order valence-corrected chi connectivity index (χ4v) is 2.49. The highest BCUT2D eigenvalue weighted by Crippen LogP contribution is 2.12.